The molecule has 1 aromatic carbocycles. The average Bonchev–Trinajstić information content (AvgIpc) is 2.16. The molecule has 0 aliphatic rings. The number of H-pyrrole nitrogens is 1. The zero-order valence-electron chi connectivity index (χ0n) is 7.15. The molecule has 0 atom stereocenters. The molecule has 0 saturated heterocycles. The molecule has 0 unspecified atom stereocenters. The summed E-state index contributed by atoms with van der Waals surface area (Å²) in [5, 5.41) is 0.307. The highest BCUT2D eigenvalue weighted by atomic mass is 32.1. The van der Waals surface area contributed by atoms with Crippen molar-refractivity contribution in [3.05, 3.63) is 46.2 Å². The molecule has 14 heavy (non-hydrogen) atoms. The first kappa shape index (κ1) is 9.02. The maximum absolute atomic E-state index is 11.3. The van der Waals surface area contributed by atoms with Gasteiger partial charge in [-0.3, -0.25) is 9.59 Å². The van der Waals surface area contributed by atoms with E-state index in [1.54, 1.807) is 12.1 Å². The highest BCUT2D eigenvalue weighted by Gasteiger charge is 2.06. The summed E-state index contributed by atoms with van der Waals surface area (Å²) < 4.78 is 0. The van der Waals surface area contributed by atoms with Crippen LogP contribution in [0.2, 0.25) is 0 Å². The second kappa shape index (κ2) is 3.31. The van der Waals surface area contributed by atoms with Gasteiger partial charge in [0.25, 0.3) is 5.56 Å². The van der Waals surface area contributed by atoms with Gasteiger partial charge in [0.15, 0.2) is 0 Å². The third kappa shape index (κ3) is 1.44. The second-order valence-electron chi connectivity index (χ2n) is 2.90. The second-order valence-corrected chi connectivity index (χ2v) is 3.31. The van der Waals surface area contributed by atoms with Gasteiger partial charge in [-0.1, -0.05) is 18.2 Å². The van der Waals surface area contributed by atoms with Gasteiger partial charge in [0.1, 0.15) is 0 Å². The summed E-state index contributed by atoms with van der Waals surface area (Å²) in [7, 11) is 0. The van der Waals surface area contributed by atoms with E-state index in [-0.39, 0.29) is 5.56 Å². The fraction of sp³-hybridized carbons (Fsp3) is 0. The number of thiol groups is 1. The maximum atomic E-state index is 11.3. The van der Waals surface area contributed by atoms with E-state index in [1.165, 1.54) is 0 Å². The Kier molecular flexibility index (Phi) is 2.13. The number of hydrogen-bond donors (Lipinski definition) is 2. The van der Waals surface area contributed by atoms with Gasteiger partial charge < -0.3 is 4.98 Å². The first-order valence-electron chi connectivity index (χ1n) is 4.04. The van der Waals surface area contributed by atoms with Crippen molar-refractivity contribution in [1.29, 1.82) is 0 Å². The molecule has 1 N–H and O–H groups in total. The molecule has 2 aromatic rings. The van der Waals surface area contributed by atoms with Crippen molar-refractivity contribution >= 4 is 28.6 Å². The lowest BCUT2D eigenvalue weighted by atomic mass is 10.2. The van der Waals surface area contributed by atoms with Gasteiger partial charge in [-0.2, -0.15) is 0 Å². The molecule has 3 nitrogen and oxygen atoms in total. The number of rotatable bonds is 1. The van der Waals surface area contributed by atoms with Crippen LogP contribution in [0.1, 0.15) is 10.4 Å². The van der Waals surface area contributed by atoms with Gasteiger partial charge in [-0.05, 0) is 17.5 Å². The summed E-state index contributed by atoms with van der Waals surface area (Å²) in [6.07, 6.45) is 0. The van der Waals surface area contributed by atoms with Crippen LogP contribution in [0.3, 0.4) is 0 Å². The van der Waals surface area contributed by atoms with E-state index < -0.39 is 10.7 Å². The number of para-hydroxylation sites is 1. The minimum atomic E-state index is -0.517. The Labute approximate surface area is 85.2 Å². The molecule has 0 aliphatic carbocycles. The number of carbonyl (C=O) groups excluding carboxylic acids is 1. The summed E-state index contributed by atoms with van der Waals surface area (Å²) in [4.78, 5) is 24.9. The van der Waals surface area contributed by atoms with E-state index in [9.17, 15) is 9.59 Å². The van der Waals surface area contributed by atoms with Crippen LogP contribution in [-0.2, 0) is 0 Å². The Morgan fingerprint density at radius 3 is 2.71 bits per heavy atom. The minimum Gasteiger partial charge on any atom is -0.321 e. The summed E-state index contributed by atoms with van der Waals surface area (Å²) in [6, 6.07) is 8.81. The van der Waals surface area contributed by atoms with Gasteiger partial charge in [-0.25, -0.2) is 0 Å². The summed E-state index contributed by atoms with van der Waals surface area (Å²) in [6.45, 7) is 0. The molecular formula is C10H7NO2S. The molecule has 0 spiro atoms. The zero-order chi connectivity index (χ0) is 10.1. The molecule has 0 bridgehead atoms. The number of carbonyl (C=O) groups is 1. The quantitative estimate of drug-likeness (QED) is 0.695. The lowest BCUT2D eigenvalue weighted by molar-refractivity contribution is 0.109. The van der Waals surface area contributed by atoms with Crippen LogP contribution in [-0.4, -0.2) is 10.1 Å². The predicted octanol–water partition coefficient (Wildman–Crippen LogP) is 1.60. The Hall–Kier alpha value is -1.55. The summed E-state index contributed by atoms with van der Waals surface area (Å²) in [5.74, 6) is 0. The first-order valence-corrected chi connectivity index (χ1v) is 4.48. The summed E-state index contributed by atoms with van der Waals surface area (Å²) >= 11 is 3.62. The Balaban J connectivity index is 2.84. The molecule has 0 saturated carbocycles. The van der Waals surface area contributed by atoms with Crippen LogP contribution < -0.4 is 5.56 Å². The number of nitrogens with one attached hydrogen (secondary N) is 1. The smallest absolute Gasteiger partial charge is 0.260 e. The van der Waals surface area contributed by atoms with Crippen LogP contribution in [0.5, 0.6) is 0 Å². The number of benzene rings is 1. The first-order chi connectivity index (χ1) is 6.68. The highest BCUT2D eigenvalue weighted by Crippen LogP contribution is 2.10. The van der Waals surface area contributed by atoms with Crippen molar-refractivity contribution in [1.82, 2.24) is 4.98 Å². The van der Waals surface area contributed by atoms with Gasteiger partial charge >= 0.3 is 0 Å². The van der Waals surface area contributed by atoms with Crippen LogP contribution >= 0.6 is 12.6 Å². The van der Waals surface area contributed by atoms with Crippen molar-refractivity contribution in [3.63, 3.8) is 0 Å². The van der Waals surface area contributed by atoms with Crippen molar-refractivity contribution in [2.24, 2.45) is 0 Å². The standard InChI is InChI=1S/C10H7NO2S/c12-9-7(10(13)14)5-6-3-1-2-4-8(6)11-9/h1-5H,(H,11,12)(H,13,14). The number of fused-ring (bicyclic) bond motifs is 1. The monoisotopic (exact) mass is 205 g/mol. The van der Waals surface area contributed by atoms with Crippen molar-refractivity contribution in [3.8, 4) is 0 Å². The third-order valence-electron chi connectivity index (χ3n) is 1.98. The SMILES string of the molecule is O=C(S)c1cc2ccccc2[nH]c1=O. The van der Waals surface area contributed by atoms with E-state index >= 15 is 0 Å². The van der Waals surface area contributed by atoms with Crippen molar-refractivity contribution < 1.29 is 4.79 Å². The van der Waals surface area contributed by atoms with Crippen LogP contribution in [0, 0.1) is 0 Å². The van der Waals surface area contributed by atoms with E-state index in [0.29, 0.717) is 0 Å². The lowest BCUT2D eigenvalue weighted by Gasteiger charge is -1.98. The molecule has 0 amide bonds. The van der Waals surface area contributed by atoms with Gasteiger partial charge in [0, 0.05) is 5.52 Å². The van der Waals surface area contributed by atoms with Gasteiger partial charge in [0.2, 0.25) is 5.12 Å². The predicted molar refractivity (Wildman–Crippen MR) is 57.9 cm³/mol. The largest absolute Gasteiger partial charge is 0.321 e. The molecule has 1 aromatic heterocycles. The topological polar surface area (TPSA) is 49.9 Å². The molecule has 0 radical (unpaired) electrons. The third-order valence-corrected chi connectivity index (χ3v) is 2.22. The number of aromatic amines is 1. The normalized spacial score (nSPS) is 10.4. The fourth-order valence-electron chi connectivity index (χ4n) is 1.31. The van der Waals surface area contributed by atoms with E-state index in [0.717, 1.165) is 10.9 Å². The number of pyridine rings is 1. The summed E-state index contributed by atoms with van der Waals surface area (Å²) in [5.41, 5.74) is 0.395. The zero-order valence-corrected chi connectivity index (χ0v) is 8.04. The van der Waals surface area contributed by atoms with Gasteiger partial charge in [0.05, 0.1) is 5.56 Å². The number of hydrogen-bond acceptors (Lipinski definition) is 2. The molecule has 4 heteroatoms. The van der Waals surface area contributed by atoms with Crippen molar-refractivity contribution in [2.45, 2.75) is 0 Å². The van der Waals surface area contributed by atoms with Crippen LogP contribution in [0.4, 0.5) is 0 Å². The van der Waals surface area contributed by atoms with Crippen LogP contribution in [0.25, 0.3) is 10.9 Å². The van der Waals surface area contributed by atoms with Gasteiger partial charge in [-0.15, -0.1) is 12.6 Å². The van der Waals surface area contributed by atoms with Crippen molar-refractivity contribution in [2.75, 3.05) is 0 Å². The minimum absolute atomic E-state index is 0.0760. The molecular weight excluding hydrogens is 198 g/mol. The molecule has 1 heterocycles. The number of aromatic nitrogens is 1. The Morgan fingerprint density at radius 1 is 1.29 bits per heavy atom. The molecule has 0 fully saturated rings. The lowest BCUT2D eigenvalue weighted by Crippen LogP contribution is -2.14. The molecule has 0 aliphatic heterocycles. The average molecular weight is 205 g/mol. The fourth-order valence-corrected chi connectivity index (χ4v) is 1.47. The Morgan fingerprint density at radius 2 is 2.00 bits per heavy atom. The highest BCUT2D eigenvalue weighted by molar-refractivity contribution is 7.97. The van der Waals surface area contributed by atoms with E-state index in [1.807, 2.05) is 18.2 Å². The molecule has 2 rings (SSSR count). The van der Waals surface area contributed by atoms with E-state index in [2.05, 4.69) is 17.6 Å². The Bertz CT molecular complexity index is 559. The van der Waals surface area contributed by atoms with E-state index in [4.69, 9.17) is 0 Å². The molecule has 70 valence electrons. The van der Waals surface area contributed by atoms with Crippen LogP contribution in [0.15, 0.2) is 35.1 Å². The maximum Gasteiger partial charge on any atom is 0.260 e.